The van der Waals surface area contributed by atoms with E-state index in [4.69, 9.17) is 10.2 Å². The molecule has 2 rings (SSSR count). The number of anilines is 1. The molecule has 0 bridgehead atoms. The molecule has 0 fully saturated rings. The Morgan fingerprint density at radius 2 is 1.86 bits per heavy atom. The molecule has 0 aliphatic heterocycles. The topological polar surface area (TPSA) is 64.9 Å². The standard InChI is InChI=1S/C9H11N3OS/c1-4-5(2)13-6(3)7(4)8-11-12-9(10)14-8/h1-3H3,(H2,10,12). The van der Waals surface area contributed by atoms with Gasteiger partial charge in [-0.25, -0.2) is 0 Å². The molecule has 2 aromatic rings. The summed E-state index contributed by atoms with van der Waals surface area (Å²) in [6.07, 6.45) is 0. The average molecular weight is 209 g/mol. The van der Waals surface area contributed by atoms with Crippen LogP contribution < -0.4 is 5.73 Å². The van der Waals surface area contributed by atoms with E-state index in [9.17, 15) is 0 Å². The number of furan rings is 1. The summed E-state index contributed by atoms with van der Waals surface area (Å²) in [5.74, 6) is 1.79. The quantitative estimate of drug-likeness (QED) is 0.782. The second-order valence-electron chi connectivity index (χ2n) is 3.16. The number of hydrogen-bond acceptors (Lipinski definition) is 5. The first-order chi connectivity index (χ1) is 6.59. The molecule has 2 heterocycles. The van der Waals surface area contributed by atoms with Crippen molar-refractivity contribution in [3.05, 3.63) is 17.1 Å². The number of nitrogen functional groups attached to an aromatic ring is 1. The predicted octanol–water partition coefficient (Wildman–Crippen LogP) is 2.31. The monoisotopic (exact) mass is 209 g/mol. The van der Waals surface area contributed by atoms with Crippen LogP contribution in [0.25, 0.3) is 10.6 Å². The van der Waals surface area contributed by atoms with Crippen LogP contribution in [0.5, 0.6) is 0 Å². The fourth-order valence-corrected chi connectivity index (χ4v) is 2.20. The minimum atomic E-state index is 0.484. The normalized spacial score (nSPS) is 10.8. The molecular weight excluding hydrogens is 198 g/mol. The summed E-state index contributed by atoms with van der Waals surface area (Å²) in [7, 11) is 0. The third kappa shape index (κ3) is 1.29. The minimum Gasteiger partial charge on any atom is -0.466 e. The SMILES string of the molecule is Cc1oc(C)c(-c2nnc(N)s2)c1C. The van der Waals surface area contributed by atoms with Crippen LogP contribution >= 0.6 is 11.3 Å². The number of hydrogen-bond donors (Lipinski definition) is 1. The number of nitrogens with zero attached hydrogens (tertiary/aromatic N) is 2. The first kappa shape index (κ1) is 9.21. The lowest BCUT2D eigenvalue weighted by Crippen LogP contribution is -1.81. The van der Waals surface area contributed by atoms with Gasteiger partial charge >= 0.3 is 0 Å². The second kappa shape index (κ2) is 3.09. The molecule has 2 aromatic heterocycles. The van der Waals surface area contributed by atoms with Crippen molar-refractivity contribution in [1.29, 1.82) is 0 Å². The lowest BCUT2D eigenvalue weighted by atomic mass is 10.1. The highest BCUT2D eigenvalue weighted by atomic mass is 32.1. The van der Waals surface area contributed by atoms with E-state index in [2.05, 4.69) is 10.2 Å². The Morgan fingerprint density at radius 1 is 1.14 bits per heavy atom. The molecule has 0 radical (unpaired) electrons. The Morgan fingerprint density at radius 3 is 2.29 bits per heavy atom. The van der Waals surface area contributed by atoms with E-state index >= 15 is 0 Å². The van der Waals surface area contributed by atoms with Gasteiger partial charge in [0.1, 0.15) is 11.5 Å². The molecule has 0 atom stereocenters. The van der Waals surface area contributed by atoms with E-state index in [1.807, 2.05) is 20.8 Å². The van der Waals surface area contributed by atoms with Crippen LogP contribution in [0.1, 0.15) is 17.1 Å². The van der Waals surface area contributed by atoms with Gasteiger partial charge in [-0.1, -0.05) is 11.3 Å². The van der Waals surface area contributed by atoms with Crippen LogP contribution in [-0.2, 0) is 0 Å². The summed E-state index contributed by atoms with van der Waals surface area (Å²) in [5, 5.41) is 9.11. The zero-order chi connectivity index (χ0) is 10.3. The summed E-state index contributed by atoms with van der Waals surface area (Å²) in [6.45, 7) is 5.88. The van der Waals surface area contributed by atoms with Crippen LogP contribution in [0.2, 0.25) is 0 Å². The Kier molecular flexibility index (Phi) is 2.03. The fourth-order valence-electron chi connectivity index (χ4n) is 1.44. The van der Waals surface area contributed by atoms with Crippen molar-refractivity contribution in [2.45, 2.75) is 20.8 Å². The largest absolute Gasteiger partial charge is 0.466 e. The average Bonchev–Trinajstić information content (AvgIpc) is 2.60. The van der Waals surface area contributed by atoms with Gasteiger partial charge in [0.25, 0.3) is 0 Å². The Balaban J connectivity index is 2.61. The summed E-state index contributed by atoms with van der Waals surface area (Å²) >= 11 is 1.38. The second-order valence-corrected chi connectivity index (χ2v) is 4.17. The predicted molar refractivity (Wildman–Crippen MR) is 56.2 cm³/mol. The van der Waals surface area contributed by atoms with E-state index in [1.165, 1.54) is 11.3 Å². The van der Waals surface area contributed by atoms with Crippen LogP contribution in [0.3, 0.4) is 0 Å². The first-order valence-electron chi connectivity index (χ1n) is 4.25. The molecule has 0 saturated carbocycles. The summed E-state index contributed by atoms with van der Waals surface area (Å²) in [4.78, 5) is 0. The summed E-state index contributed by atoms with van der Waals surface area (Å²) in [6, 6.07) is 0. The van der Waals surface area contributed by atoms with E-state index in [-0.39, 0.29) is 0 Å². The van der Waals surface area contributed by atoms with Crippen molar-refractivity contribution < 1.29 is 4.42 Å². The van der Waals surface area contributed by atoms with E-state index < -0.39 is 0 Å². The molecule has 14 heavy (non-hydrogen) atoms. The van der Waals surface area contributed by atoms with Crippen molar-refractivity contribution in [3.63, 3.8) is 0 Å². The van der Waals surface area contributed by atoms with Gasteiger partial charge in [-0.3, -0.25) is 0 Å². The van der Waals surface area contributed by atoms with E-state index in [1.54, 1.807) is 0 Å². The lowest BCUT2D eigenvalue weighted by molar-refractivity contribution is 0.503. The van der Waals surface area contributed by atoms with Gasteiger partial charge in [-0.2, -0.15) is 0 Å². The maximum atomic E-state index is 5.54. The Labute approximate surface area is 85.8 Å². The zero-order valence-corrected chi connectivity index (χ0v) is 9.10. The fraction of sp³-hybridized carbons (Fsp3) is 0.333. The van der Waals surface area contributed by atoms with Crippen LogP contribution in [0.4, 0.5) is 5.13 Å². The molecule has 5 heteroatoms. The number of rotatable bonds is 1. The van der Waals surface area contributed by atoms with Gasteiger partial charge in [0.15, 0.2) is 5.01 Å². The van der Waals surface area contributed by atoms with Gasteiger partial charge in [0.2, 0.25) is 5.13 Å². The highest BCUT2D eigenvalue weighted by molar-refractivity contribution is 7.18. The molecule has 0 unspecified atom stereocenters. The third-order valence-electron chi connectivity index (χ3n) is 2.22. The number of aryl methyl sites for hydroxylation is 2. The first-order valence-corrected chi connectivity index (χ1v) is 5.07. The minimum absolute atomic E-state index is 0.484. The van der Waals surface area contributed by atoms with Gasteiger partial charge in [0.05, 0.1) is 5.56 Å². The molecule has 0 aromatic carbocycles. The molecule has 0 aliphatic rings. The molecular formula is C9H11N3OS. The molecule has 2 N–H and O–H groups in total. The van der Waals surface area contributed by atoms with Crippen molar-refractivity contribution in [3.8, 4) is 10.6 Å². The van der Waals surface area contributed by atoms with Crippen LogP contribution in [-0.4, -0.2) is 10.2 Å². The smallest absolute Gasteiger partial charge is 0.203 e. The maximum absolute atomic E-state index is 5.54. The van der Waals surface area contributed by atoms with Crippen LogP contribution in [0, 0.1) is 20.8 Å². The van der Waals surface area contributed by atoms with Crippen LogP contribution in [0.15, 0.2) is 4.42 Å². The van der Waals surface area contributed by atoms with Crippen molar-refractivity contribution in [1.82, 2.24) is 10.2 Å². The molecule has 0 saturated heterocycles. The summed E-state index contributed by atoms with van der Waals surface area (Å²) in [5.41, 5.74) is 7.67. The van der Waals surface area contributed by atoms with Gasteiger partial charge < -0.3 is 10.2 Å². The Bertz CT molecular complexity index is 472. The Hall–Kier alpha value is -1.36. The number of nitrogens with two attached hydrogens (primary N) is 1. The van der Waals surface area contributed by atoms with Gasteiger partial charge in [-0.05, 0) is 20.8 Å². The molecule has 0 amide bonds. The molecule has 0 aliphatic carbocycles. The van der Waals surface area contributed by atoms with Gasteiger partial charge in [-0.15, -0.1) is 10.2 Å². The zero-order valence-electron chi connectivity index (χ0n) is 8.29. The van der Waals surface area contributed by atoms with Crippen molar-refractivity contribution in [2.24, 2.45) is 0 Å². The van der Waals surface area contributed by atoms with E-state index in [0.29, 0.717) is 5.13 Å². The molecule has 74 valence electrons. The third-order valence-corrected chi connectivity index (χ3v) is 2.99. The maximum Gasteiger partial charge on any atom is 0.203 e. The molecule has 0 spiro atoms. The lowest BCUT2D eigenvalue weighted by Gasteiger charge is -1.92. The van der Waals surface area contributed by atoms with Crippen molar-refractivity contribution in [2.75, 3.05) is 5.73 Å². The number of aromatic nitrogens is 2. The summed E-state index contributed by atoms with van der Waals surface area (Å²) < 4.78 is 5.51. The van der Waals surface area contributed by atoms with E-state index in [0.717, 1.165) is 27.7 Å². The molecule has 4 nitrogen and oxygen atoms in total. The van der Waals surface area contributed by atoms with Crippen molar-refractivity contribution >= 4 is 16.5 Å². The highest BCUT2D eigenvalue weighted by Crippen LogP contribution is 2.33. The highest BCUT2D eigenvalue weighted by Gasteiger charge is 2.16. The van der Waals surface area contributed by atoms with Gasteiger partial charge in [0, 0.05) is 5.56 Å².